The van der Waals surface area contributed by atoms with Crippen molar-refractivity contribution in [3.63, 3.8) is 0 Å². The van der Waals surface area contributed by atoms with Gasteiger partial charge in [-0.1, -0.05) is 49.2 Å². The maximum atomic E-state index is 14.4. The predicted octanol–water partition coefficient (Wildman–Crippen LogP) is 4.36. The summed E-state index contributed by atoms with van der Waals surface area (Å²) in [5.74, 6) is 1.15. The molecule has 1 fully saturated rings. The monoisotopic (exact) mass is 560 g/mol. The molecular formula is C32H40N4O5. The summed E-state index contributed by atoms with van der Waals surface area (Å²) in [6.45, 7) is 10.9. The number of anilines is 1. The molecule has 9 nitrogen and oxygen atoms in total. The summed E-state index contributed by atoms with van der Waals surface area (Å²) in [6, 6.07) is 10.1. The number of rotatable bonds is 10. The second-order valence-corrected chi connectivity index (χ2v) is 11.6. The Bertz CT molecular complexity index is 1340. The molecule has 0 saturated heterocycles. The Balaban J connectivity index is 2.11. The van der Waals surface area contributed by atoms with Gasteiger partial charge in [-0.3, -0.25) is 14.4 Å². The van der Waals surface area contributed by atoms with Crippen molar-refractivity contribution in [2.24, 2.45) is 11.7 Å². The molecule has 4 atom stereocenters. The maximum absolute atomic E-state index is 14.4. The normalized spacial score (nSPS) is 17.4. The lowest BCUT2D eigenvalue weighted by Crippen LogP contribution is -2.53. The van der Waals surface area contributed by atoms with Gasteiger partial charge in [0.1, 0.15) is 17.7 Å². The molecule has 1 saturated carbocycles. The fourth-order valence-electron chi connectivity index (χ4n) is 4.83. The number of carbonyl (C=O) groups excluding carboxylic acids is 4. The summed E-state index contributed by atoms with van der Waals surface area (Å²) in [5, 5.41) is 5.65. The number of carbonyl (C=O) groups is 4. The van der Waals surface area contributed by atoms with Crippen LogP contribution in [-0.2, 0) is 19.1 Å². The molecule has 1 aliphatic carbocycles. The number of nitrogens with two attached hydrogens (primary N) is 1. The van der Waals surface area contributed by atoms with Crippen molar-refractivity contribution in [3.8, 4) is 12.3 Å². The first kappa shape index (κ1) is 31.2. The average Bonchev–Trinajstić information content (AvgIpc) is 3.61. The zero-order valence-electron chi connectivity index (χ0n) is 24.6. The van der Waals surface area contributed by atoms with E-state index in [9.17, 15) is 19.2 Å². The van der Waals surface area contributed by atoms with Crippen LogP contribution in [0.1, 0.15) is 75.3 Å². The number of alkyl carbamates (subject to hydrolysis) is 1. The molecule has 0 aromatic heterocycles. The summed E-state index contributed by atoms with van der Waals surface area (Å²) < 4.78 is 5.39. The van der Waals surface area contributed by atoms with Crippen molar-refractivity contribution in [3.05, 3.63) is 64.7 Å². The zero-order valence-corrected chi connectivity index (χ0v) is 24.6. The van der Waals surface area contributed by atoms with Crippen LogP contribution in [-0.4, -0.2) is 46.4 Å². The number of aryl methyl sites for hydroxylation is 2. The maximum Gasteiger partial charge on any atom is 0.408 e. The van der Waals surface area contributed by atoms with E-state index < -0.39 is 41.5 Å². The molecule has 3 rings (SSSR count). The lowest BCUT2D eigenvalue weighted by Gasteiger charge is -2.35. The van der Waals surface area contributed by atoms with Crippen LogP contribution in [0.2, 0.25) is 0 Å². The second kappa shape index (κ2) is 12.9. The summed E-state index contributed by atoms with van der Waals surface area (Å²) in [7, 11) is 0. The molecule has 0 bridgehead atoms. The van der Waals surface area contributed by atoms with Crippen molar-refractivity contribution in [2.75, 3.05) is 5.32 Å². The van der Waals surface area contributed by atoms with E-state index in [-0.39, 0.29) is 24.8 Å². The molecule has 4 unspecified atom stereocenters. The van der Waals surface area contributed by atoms with E-state index in [0.717, 1.165) is 11.1 Å². The summed E-state index contributed by atoms with van der Waals surface area (Å²) in [4.78, 5) is 54.5. The largest absolute Gasteiger partial charge is 0.444 e. The van der Waals surface area contributed by atoms with Gasteiger partial charge in [0, 0.05) is 23.7 Å². The van der Waals surface area contributed by atoms with Crippen LogP contribution in [0.15, 0.2) is 42.5 Å². The van der Waals surface area contributed by atoms with Gasteiger partial charge in [0.05, 0.1) is 0 Å². The van der Waals surface area contributed by atoms with E-state index in [4.69, 9.17) is 16.9 Å². The minimum Gasteiger partial charge on any atom is -0.444 e. The first-order valence-electron chi connectivity index (χ1n) is 13.8. The molecule has 0 spiro atoms. The van der Waals surface area contributed by atoms with Crippen molar-refractivity contribution in [1.29, 1.82) is 0 Å². The summed E-state index contributed by atoms with van der Waals surface area (Å²) in [5.41, 5.74) is 7.92. The molecular weight excluding hydrogens is 520 g/mol. The summed E-state index contributed by atoms with van der Waals surface area (Å²) in [6.07, 6.45) is 5.47. The van der Waals surface area contributed by atoms with Crippen LogP contribution >= 0.6 is 0 Å². The van der Waals surface area contributed by atoms with E-state index in [1.807, 2.05) is 39.0 Å². The van der Waals surface area contributed by atoms with Gasteiger partial charge in [-0.05, 0) is 76.1 Å². The number of nitrogens with one attached hydrogen (secondary N) is 2. The number of ether oxygens (including phenoxy) is 1. The Hall–Kier alpha value is -4.32. The van der Waals surface area contributed by atoms with Crippen molar-refractivity contribution >= 4 is 29.5 Å². The fraction of sp³-hybridized carbons (Fsp3) is 0.438. The molecule has 1 aliphatic rings. The summed E-state index contributed by atoms with van der Waals surface area (Å²) >= 11 is 0. The third-order valence-electron chi connectivity index (χ3n) is 7.01. The van der Waals surface area contributed by atoms with E-state index in [1.165, 1.54) is 4.90 Å². The highest BCUT2D eigenvalue weighted by Gasteiger charge is 2.48. The standard InChI is InChI=1S/C32H40N4O5/c1-8-22-14-9-10-15-23(22)28(29(38)35-27-19(2)12-11-13-20(27)3)36(25-18-21(25)4)30(39)24(16-17-26(33)37)34-31(40)41-32(5,6)7/h1,9-15,21,24-25,28H,16-18H2,2-7H3,(H2,33,37)(H,34,40)(H,35,38). The predicted molar refractivity (Wildman–Crippen MR) is 158 cm³/mol. The Morgan fingerprint density at radius 3 is 2.24 bits per heavy atom. The topological polar surface area (TPSA) is 131 Å². The van der Waals surface area contributed by atoms with Crippen LogP contribution in [0.25, 0.3) is 0 Å². The quantitative estimate of drug-likeness (QED) is 0.372. The zero-order chi connectivity index (χ0) is 30.5. The average molecular weight is 561 g/mol. The molecule has 0 radical (unpaired) electrons. The molecule has 4 amide bonds. The molecule has 218 valence electrons. The third-order valence-corrected chi connectivity index (χ3v) is 7.01. The molecule has 0 heterocycles. The number of amides is 4. The highest BCUT2D eigenvalue weighted by molar-refractivity contribution is 6.00. The van der Waals surface area contributed by atoms with Gasteiger partial charge < -0.3 is 26.0 Å². The first-order chi connectivity index (χ1) is 19.2. The van der Waals surface area contributed by atoms with Gasteiger partial charge in [0.15, 0.2) is 0 Å². The van der Waals surface area contributed by atoms with Crippen LogP contribution in [0.4, 0.5) is 10.5 Å². The van der Waals surface area contributed by atoms with Crippen LogP contribution in [0, 0.1) is 32.1 Å². The molecule has 41 heavy (non-hydrogen) atoms. The van der Waals surface area contributed by atoms with E-state index in [1.54, 1.807) is 45.0 Å². The van der Waals surface area contributed by atoms with E-state index in [0.29, 0.717) is 23.2 Å². The van der Waals surface area contributed by atoms with Crippen molar-refractivity contribution < 1.29 is 23.9 Å². The number of terminal acetylenes is 1. The van der Waals surface area contributed by atoms with Gasteiger partial charge in [0.25, 0.3) is 5.91 Å². The number of primary amides is 1. The Labute approximate surface area is 242 Å². The third kappa shape index (κ3) is 8.10. The van der Waals surface area contributed by atoms with Crippen molar-refractivity contribution in [1.82, 2.24) is 10.2 Å². The van der Waals surface area contributed by atoms with Gasteiger partial charge in [0.2, 0.25) is 11.8 Å². The first-order valence-corrected chi connectivity index (χ1v) is 13.8. The van der Waals surface area contributed by atoms with Crippen LogP contribution in [0.5, 0.6) is 0 Å². The molecule has 2 aromatic rings. The van der Waals surface area contributed by atoms with Crippen LogP contribution in [0.3, 0.4) is 0 Å². The Morgan fingerprint density at radius 1 is 1.10 bits per heavy atom. The number of hydrogen-bond acceptors (Lipinski definition) is 5. The van der Waals surface area contributed by atoms with Gasteiger partial charge in [-0.15, -0.1) is 6.42 Å². The smallest absolute Gasteiger partial charge is 0.408 e. The number of para-hydroxylation sites is 1. The van der Waals surface area contributed by atoms with Gasteiger partial charge in [-0.2, -0.15) is 0 Å². The lowest BCUT2D eigenvalue weighted by molar-refractivity contribution is -0.142. The Kier molecular flexibility index (Phi) is 9.82. The lowest BCUT2D eigenvalue weighted by atomic mass is 9.96. The molecule has 2 aromatic carbocycles. The number of nitrogens with zero attached hydrogens (tertiary/aromatic N) is 1. The van der Waals surface area contributed by atoms with Gasteiger partial charge >= 0.3 is 6.09 Å². The molecule has 4 N–H and O–H groups in total. The van der Waals surface area contributed by atoms with Gasteiger partial charge in [-0.25, -0.2) is 4.79 Å². The number of benzene rings is 2. The van der Waals surface area contributed by atoms with E-state index >= 15 is 0 Å². The minimum atomic E-state index is -1.17. The molecule has 9 heteroatoms. The SMILES string of the molecule is C#Cc1ccccc1C(C(=O)Nc1c(C)cccc1C)N(C(=O)C(CCC(N)=O)NC(=O)OC(C)(C)C)C1CC1C. The van der Waals surface area contributed by atoms with Crippen LogP contribution < -0.4 is 16.4 Å². The Morgan fingerprint density at radius 2 is 1.71 bits per heavy atom. The van der Waals surface area contributed by atoms with E-state index in [2.05, 4.69) is 16.6 Å². The second-order valence-electron chi connectivity index (χ2n) is 11.6. The molecule has 0 aliphatic heterocycles. The minimum absolute atomic E-state index is 0.0625. The highest BCUT2D eigenvalue weighted by Crippen LogP contribution is 2.42. The van der Waals surface area contributed by atoms with Crippen molar-refractivity contribution in [2.45, 2.75) is 84.5 Å². The number of hydrogen-bond donors (Lipinski definition) is 3. The fourth-order valence-corrected chi connectivity index (χ4v) is 4.83. The highest BCUT2D eigenvalue weighted by atomic mass is 16.6.